The van der Waals surface area contributed by atoms with E-state index in [9.17, 15) is 14.7 Å². The van der Waals surface area contributed by atoms with Crippen LogP contribution in [0.15, 0.2) is 17.9 Å². The highest BCUT2D eigenvalue weighted by atomic mass is 32.1. The molecule has 0 saturated carbocycles. The van der Waals surface area contributed by atoms with Crippen LogP contribution in [-0.2, 0) is 17.8 Å². The Bertz CT molecular complexity index is 919. The largest absolute Gasteiger partial charge is 0.390 e. The SMILES string of the molecule is CC(=O)N1CC(Nc2cc(C(=O)NC[C@H](O)CN3CCc4ncsc4C3)ncn2)C1.S. The van der Waals surface area contributed by atoms with E-state index in [0.29, 0.717) is 25.5 Å². The smallest absolute Gasteiger partial charge is 0.270 e. The normalized spacial score (nSPS) is 17.2. The number of aliphatic hydroxyl groups excluding tert-OH is 1. The number of β-amino-alcohol motifs (C(OH)–C–C–N with tert-alkyl or cyclic N) is 1. The third kappa shape index (κ3) is 5.91. The summed E-state index contributed by atoms with van der Waals surface area (Å²) in [6.45, 7) is 5.05. The Morgan fingerprint density at radius 1 is 1.32 bits per heavy atom. The molecule has 2 amide bonds. The van der Waals surface area contributed by atoms with Crippen LogP contribution in [0.1, 0.15) is 28.0 Å². The zero-order valence-corrected chi connectivity index (χ0v) is 19.1. The second-order valence-electron chi connectivity index (χ2n) is 7.62. The molecule has 10 nitrogen and oxygen atoms in total. The minimum Gasteiger partial charge on any atom is -0.390 e. The van der Waals surface area contributed by atoms with Crippen LogP contribution in [0.4, 0.5) is 5.82 Å². The minimum absolute atomic E-state index is 0. The maximum Gasteiger partial charge on any atom is 0.270 e. The van der Waals surface area contributed by atoms with Gasteiger partial charge < -0.3 is 20.6 Å². The Labute approximate surface area is 191 Å². The summed E-state index contributed by atoms with van der Waals surface area (Å²) in [5.41, 5.74) is 3.25. The molecule has 1 atom stereocenters. The molecule has 1 fully saturated rings. The molecule has 0 radical (unpaired) electrons. The average molecular weight is 466 g/mol. The Kier molecular flexibility index (Phi) is 7.81. The number of amides is 2. The van der Waals surface area contributed by atoms with E-state index in [-0.39, 0.29) is 43.6 Å². The van der Waals surface area contributed by atoms with Crippen molar-refractivity contribution in [2.45, 2.75) is 32.0 Å². The quantitative estimate of drug-likeness (QED) is 0.515. The molecule has 2 aromatic heterocycles. The molecule has 0 aliphatic carbocycles. The van der Waals surface area contributed by atoms with Gasteiger partial charge in [0.2, 0.25) is 5.91 Å². The van der Waals surface area contributed by atoms with Gasteiger partial charge in [-0.3, -0.25) is 14.5 Å². The number of carbonyl (C=O) groups excluding carboxylic acids is 2. The fraction of sp³-hybridized carbons (Fsp3) is 0.526. The Balaban J connectivity index is 0.00000272. The molecule has 31 heavy (non-hydrogen) atoms. The summed E-state index contributed by atoms with van der Waals surface area (Å²) in [6, 6.07) is 1.69. The minimum atomic E-state index is -0.671. The van der Waals surface area contributed by atoms with Crippen molar-refractivity contribution in [3.8, 4) is 0 Å². The molecule has 4 heterocycles. The summed E-state index contributed by atoms with van der Waals surface area (Å²) >= 11 is 1.64. The molecule has 2 aliphatic heterocycles. The van der Waals surface area contributed by atoms with E-state index >= 15 is 0 Å². The molecule has 3 N–H and O–H groups in total. The number of nitrogens with one attached hydrogen (secondary N) is 2. The monoisotopic (exact) mass is 465 g/mol. The van der Waals surface area contributed by atoms with Crippen LogP contribution in [0.3, 0.4) is 0 Å². The van der Waals surface area contributed by atoms with Crippen molar-refractivity contribution in [2.75, 3.05) is 38.0 Å². The van der Waals surface area contributed by atoms with Crippen molar-refractivity contribution in [1.29, 1.82) is 0 Å². The predicted molar refractivity (Wildman–Crippen MR) is 122 cm³/mol. The molecule has 0 unspecified atom stereocenters. The number of rotatable bonds is 7. The highest BCUT2D eigenvalue weighted by Crippen LogP contribution is 2.21. The van der Waals surface area contributed by atoms with E-state index in [0.717, 1.165) is 25.2 Å². The Hall–Kier alpha value is -2.28. The summed E-state index contributed by atoms with van der Waals surface area (Å²) in [4.78, 5) is 41.3. The van der Waals surface area contributed by atoms with Gasteiger partial charge in [0.15, 0.2) is 0 Å². The number of likely N-dealkylation sites (tertiary alicyclic amines) is 1. The van der Waals surface area contributed by atoms with E-state index in [1.807, 2.05) is 5.51 Å². The number of hydrogen-bond acceptors (Lipinski definition) is 9. The molecule has 0 bridgehead atoms. The van der Waals surface area contributed by atoms with Gasteiger partial charge in [-0.2, -0.15) is 13.5 Å². The topological polar surface area (TPSA) is 124 Å². The van der Waals surface area contributed by atoms with Gasteiger partial charge in [0.25, 0.3) is 5.91 Å². The van der Waals surface area contributed by atoms with Gasteiger partial charge in [-0.15, -0.1) is 11.3 Å². The molecule has 12 heteroatoms. The van der Waals surface area contributed by atoms with Gasteiger partial charge in [0.1, 0.15) is 17.8 Å². The van der Waals surface area contributed by atoms with E-state index in [4.69, 9.17) is 0 Å². The first kappa shape index (κ1) is 23.4. The molecule has 2 aliphatic rings. The van der Waals surface area contributed by atoms with E-state index in [1.54, 1.807) is 29.2 Å². The zero-order chi connectivity index (χ0) is 21.1. The molecular weight excluding hydrogens is 438 g/mol. The van der Waals surface area contributed by atoms with Crippen LogP contribution >= 0.6 is 24.8 Å². The summed E-state index contributed by atoms with van der Waals surface area (Å²) in [5, 5.41) is 16.3. The number of carbonyl (C=O) groups is 2. The number of thiazole rings is 1. The van der Waals surface area contributed by atoms with Crippen LogP contribution in [0.25, 0.3) is 0 Å². The van der Waals surface area contributed by atoms with Crippen molar-refractivity contribution in [1.82, 2.24) is 30.1 Å². The van der Waals surface area contributed by atoms with Gasteiger partial charge in [-0.25, -0.2) is 15.0 Å². The van der Waals surface area contributed by atoms with Crippen LogP contribution in [-0.4, -0.2) is 86.5 Å². The zero-order valence-electron chi connectivity index (χ0n) is 17.2. The number of aromatic nitrogens is 3. The maximum atomic E-state index is 12.4. The van der Waals surface area contributed by atoms with E-state index in [1.165, 1.54) is 11.2 Å². The fourth-order valence-electron chi connectivity index (χ4n) is 3.59. The standard InChI is InChI=1S/C19H25N7O3S.H2S/c1-12(27)26-6-13(7-26)24-18-4-16(21-10-22-18)19(29)20-5-14(28)8-25-3-2-15-17(9-25)30-11-23-15;/h4,10-11,13-14,28H,2-3,5-9H2,1H3,(H,20,29)(H,21,22,24);1H2/t14-;/m0./s1. The number of nitrogens with zero attached hydrogens (tertiary/aromatic N) is 5. The predicted octanol–water partition coefficient (Wildman–Crippen LogP) is -0.162. The number of hydrogen-bond donors (Lipinski definition) is 3. The lowest BCUT2D eigenvalue weighted by molar-refractivity contribution is -0.132. The van der Waals surface area contributed by atoms with Gasteiger partial charge >= 0.3 is 0 Å². The van der Waals surface area contributed by atoms with E-state index < -0.39 is 6.10 Å². The second-order valence-corrected chi connectivity index (χ2v) is 8.56. The van der Waals surface area contributed by atoms with Crippen molar-refractivity contribution in [2.24, 2.45) is 0 Å². The van der Waals surface area contributed by atoms with E-state index in [2.05, 4.69) is 30.5 Å². The number of fused-ring (bicyclic) bond motifs is 1. The lowest BCUT2D eigenvalue weighted by Crippen LogP contribution is -2.56. The van der Waals surface area contributed by atoms with Crippen LogP contribution in [0, 0.1) is 0 Å². The lowest BCUT2D eigenvalue weighted by atomic mass is 10.1. The van der Waals surface area contributed by atoms with Crippen molar-refractivity contribution >= 4 is 42.5 Å². The highest BCUT2D eigenvalue weighted by Gasteiger charge is 2.28. The fourth-order valence-corrected chi connectivity index (χ4v) is 4.44. The number of anilines is 1. The van der Waals surface area contributed by atoms with Gasteiger partial charge in [-0.1, -0.05) is 0 Å². The molecule has 2 aromatic rings. The number of aliphatic hydroxyl groups is 1. The first-order chi connectivity index (χ1) is 14.5. The summed E-state index contributed by atoms with van der Waals surface area (Å²) in [5.74, 6) is 0.228. The summed E-state index contributed by atoms with van der Waals surface area (Å²) in [7, 11) is 0. The van der Waals surface area contributed by atoms with Crippen LogP contribution in [0.2, 0.25) is 0 Å². The summed E-state index contributed by atoms with van der Waals surface area (Å²) < 4.78 is 0. The molecule has 0 aromatic carbocycles. The molecule has 1 saturated heterocycles. The van der Waals surface area contributed by atoms with Crippen LogP contribution in [0.5, 0.6) is 0 Å². The molecule has 0 spiro atoms. The summed E-state index contributed by atoms with van der Waals surface area (Å²) in [6.07, 6.45) is 1.55. The molecular formula is C19H27N7O3S2. The van der Waals surface area contributed by atoms with Crippen molar-refractivity contribution < 1.29 is 14.7 Å². The first-order valence-electron chi connectivity index (χ1n) is 9.92. The first-order valence-corrected chi connectivity index (χ1v) is 10.8. The Morgan fingerprint density at radius 3 is 2.90 bits per heavy atom. The van der Waals surface area contributed by atoms with Gasteiger partial charge in [0.05, 0.1) is 23.4 Å². The second kappa shape index (κ2) is 10.4. The lowest BCUT2D eigenvalue weighted by Gasteiger charge is -2.39. The average Bonchev–Trinajstić information content (AvgIpc) is 3.16. The Morgan fingerprint density at radius 2 is 2.13 bits per heavy atom. The maximum absolute atomic E-state index is 12.4. The van der Waals surface area contributed by atoms with Crippen molar-refractivity contribution in [3.05, 3.63) is 34.2 Å². The molecule has 4 rings (SSSR count). The molecule has 168 valence electrons. The highest BCUT2D eigenvalue weighted by molar-refractivity contribution is 7.59. The van der Waals surface area contributed by atoms with Crippen LogP contribution < -0.4 is 10.6 Å². The third-order valence-electron chi connectivity index (χ3n) is 5.30. The third-order valence-corrected chi connectivity index (χ3v) is 6.16. The van der Waals surface area contributed by atoms with Gasteiger partial charge in [-0.05, 0) is 0 Å². The van der Waals surface area contributed by atoms with Gasteiger partial charge in [0, 0.05) is 63.6 Å². The van der Waals surface area contributed by atoms with Crippen molar-refractivity contribution in [3.63, 3.8) is 0 Å².